The van der Waals surface area contributed by atoms with Gasteiger partial charge in [-0.2, -0.15) is 0 Å². The highest BCUT2D eigenvalue weighted by Gasteiger charge is 2.27. The Morgan fingerprint density at radius 3 is 2.91 bits per heavy atom. The quantitative estimate of drug-likeness (QED) is 0.761. The number of hydrogen-bond acceptors (Lipinski definition) is 5. The van der Waals surface area contributed by atoms with Crippen LogP contribution in [0.3, 0.4) is 0 Å². The van der Waals surface area contributed by atoms with Crippen molar-refractivity contribution >= 4 is 15.9 Å². The van der Waals surface area contributed by atoms with E-state index in [0.29, 0.717) is 17.9 Å². The summed E-state index contributed by atoms with van der Waals surface area (Å²) in [6, 6.07) is 5.55. The molecule has 2 rings (SSSR count). The van der Waals surface area contributed by atoms with Crippen molar-refractivity contribution in [2.45, 2.75) is 6.42 Å². The van der Waals surface area contributed by atoms with Gasteiger partial charge in [0.05, 0.1) is 18.8 Å². The summed E-state index contributed by atoms with van der Waals surface area (Å²) in [5, 5.41) is 2.63. The van der Waals surface area contributed by atoms with Crippen LogP contribution >= 0.6 is 0 Å². The molecule has 1 aliphatic heterocycles. The zero-order valence-corrected chi connectivity index (χ0v) is 13.4. The number of para-hydroxylation sites is 1. The molecule has 0 aliphatic carbocycles. The van der Waals surface area contributed by atoms with E-state index in [-0.39, 0.29) is 30.7 Å². The molecule has 22 heavy (non-hydrogen) atoms. The smallest absolute Gasteiger partial charge is 0.226 e. The van der Waals surface area contributed by atoms with Gasteiger partial charge in [-0.15, -0.1) is 0 Å². The maximum atomic E-state index is 12.1. The average Bonchev–Trinajstić information content (AvgIpc) is 2.53. The second-order valence-electron chi connectivity index (χ2n) is 4.97. The number of amides is 1. The molecule has 1 aromatic carbocycles. The fraction of sp³-hybridized carbons (Fsp3) is 0.500. The minimum atomic E-state index is -3.32. The molecule has 0 fully saturated rings. The third kappa shape index (κ3) is 3.89. The Morgan fingerprint density at radius 2 is 2.23 bits per heavy atom. The highest BCUT2D eigenvalue weighted by atomic mass is 32.2. The number of benzene rings is 1. The molecule has 2 N–H and O–H groups in total. The number of carbonyl (C=O) groups is 1. The topological polar surface area (TPSA) is 93.7 Å². The Kier molecular flexibility index (Phi) is 5.25. The molecule has 1 amide bonds. The second-order valence-corrected chi connectivity index (χ2v) is 7.02. The molecular weight excluding hydrogens is 308 g/mol. The molecule has 122 valence electrons. The molecule has 1 heterocycles. The maximum absolute atomic E-state index is 12.1. The molecule has 1 unspecified atom stereocenters. The zero-order chi connectivity index (χ0) is 16.2. The Morgan fingerprint density at radius 1 is 1.45 bits per heavy atom. The van der Waals surface area contributed by atoms with Crippen molar-refractivity contribution < 1.29 is 22.7 Å². The average molecular weight is 328 g/mol. The minimum Gasteiger partial charge on any atom is -0.493 e. The van der Waals surface area contributed by atoms with E-state index >= 15 is 0 Å². The van der Waals surface area contributed by atoms with Crippen molar-refractivity contribution in [2.75, 3.05) is 33.1 Å². The van der Waals surface area contributed by atoms with E-state index < -0.39 is 10.0 Å². The monoisotopic (exact) mass is 328 g/mol. The molecule has 1 aliphatic rings. The molecule has 8 heteroatoms. The number of hydrogen-bond donors (Lipinski definition) is 2. The van der Waals surface area contributed by atoms with Gasteiger partial charge < -0.3 is 14.8 Å². The van der Waals surface area contributed by atoms with Crippen molar-refractivity contribution in [1.29, 1.82) is 0 Å². The van der Waals surface area contributed by atoms with Gasteiger partial charge in [-0.1, -0.05) is 12.1 Å². The molecule has 0 saturated carbocycles. The van der Waals surface area contributed by atoms with E-state index in [1.54, 1.807) is 7.11 Å². The third-order valence-electron chi connectivity index (χ3n) is 3.53. The van der Waals surface area contributed by atoms with Gasteiger partial charge in [0.15, 0.2) is 11.5 Å². The lowest BCUT2D eigenvalue weighted by atomic mass is 9.95. The highest BCUT2D eigenvalue weighted by molar-refractivity contribution is 7.89. The van der Waals surface area contributed by atoms with Crippen LogP contribution in [0.25, 0.3) is 0 Å². The molecule has 0 radical (unpaired) electrons. The van der Waals surface area contributed by atoms with Crippen molar-refractivity contribution in [3.63, 3.8) is 0 Å². The molecule has 0 aromatic heterocycles. The number of fused-ring (bicyclic) bond motifs is 1. The summed E-state index contributed by atoms with van der Waals surface area (Å²) in [5.41, 5.74) is 0.911. The first kappa shape index (κ1) is 16.6. The first-order chi connectivity index (χ1) is 10.5. The largest absolute Gasteiger partial charge is 0.493 e. The maximum Gasteiger partial charge on any atom is 0.226 e. The van der Waals surface area contributed by atoms with E-state index in [9.17, 15) is 13.2 Å². The van der Waals surface area contributed by atoms with Gasteiger partial charge >= 0.3 is 0 Å². The molecular formula is C14H20N2O5S. The van der Waals surface area contributed by atoms with Crippen LogP contribution in [0.15, 0.2) is 18.2 Å². The lowest BCUT2D eigenvalue weighted by Gasteiger charge is -2.25. The molecule has 1 aromatic rings. The molecule has 7 nitrogen and oxygen atoms in total. The fourth-order valence-corrected chi connectivity index (χ4v) is 2.85. The van der Waals surface area contributed by atoms with E-state index in [2.05, 4.69) is 10.0 Å². The van der Waals surface area contributed by atoms with Crippen LogP contribution in [0.2, 0.25) is 0 Å². The third-order valence-corrected chi connectivity index (χ3v) is 4.89. The van der Waals surface area contributed by atoms with E-state index in [1.165, 1.54) is 7.05 Å². The van der Waals surface area contributed by atoms with Gasteiger partial charge in [-0.25, -0.2) is 13.1 Å². The summed E-state index contributed by atoms with van der Waals surface area (Å²) in [5.74, 6) is 0.632. The summed E-state index contributed by atoms with van der Waals surface area (Å²) in [6.45, 7) is 0.321. The number of ether oxygens (including phenoxy) is 2. The van der Waals surface area contributed by atoms with Crippen molar-refractivity contribution in [2.24, 2.45) is 5.92 Å². The van der Waals surface area contributed by atoms with Crippen molar-refractivity contribution in [3.05, 3.63) is 23.8 Å². The van der Waals surface area contributed by atoms with Crippen LogP contribution in [0, 0.1) is 5.92 Å². The zero-order valence-electron chi connectivity index (χ0n) is 12.6. The first-order valence-corrected chi connectivity index (χ1v) is 8.59. The second kappa shape index (κ2) is 6.97. The van der Waals surface area contributed by atoms with Crippen molar-refractivity contribution in [3.8, 4) is 11.5 Å². The Bertz CT molecular complexity index is 645. The number of methoxy groups -OCH3 is 1. The number of rotatable bonds is 6. The summed E-state index contributed by atoms with van der Waals surface area (Å²) in [7, 11) is -0.403. The van der Waals surface area contributed by atoms with Crippen molar-refractivity contribution in [1.82, 2.24) is 10.0 Å². The van der Waals surface area contributed by atoms with Gasteiger partial charge in [0.25, 0.3) is 0 Å². The normalized spacial score (nSPS) is 17.3. The van der Waals surface area contributed by atoms with Gasteiger partial charge in [0.1, 0.15) is 6.61 Å². The van der Waals surface area contributed by atoms with E-state index in [4.69, 9.17) is 9.47 Å². The van der Waals surface area contributed by atoms with Gasteiger partial charge in [-0.3, -0.25) is 4.79 Å². The first-order valence-electron chi connectivity index (χ1n) is 6.94. The van der Waals surface area contributed by atoms with Crippen LogP contribution in [-0.2, 0) is 21.2 Å². The van der Waals surface area contributed by atoms with Crippen LogP contribution in [0.5, 0.6) is 11.5 Å². The Balaban J connectivity index is 1.93. The van der Waals surface area contributed by atoms with Gasteiger partial charge in [0, 0.05) is 6.54 Å². The van der Waals surface area contributed by atoms with Gasteiger partial charge in [-0.05, 0) is 25.1 Å². The lowest BCUT2D eigenvalue weighted by molar-refractivity contribution is -0.126. The van der Waals surface area contributed by atoms with Crippen LogP contribution in [-0.4, -0.2) is 47.4 Å². The fourth-order valence-electron chi connectivity index (χ4n) is 2.28. The van der Waals surface area contributed by atoms with Crippen LogP contribution in [0.1, 0.15) is 5.56 Å². The summed E-state index contributed by atoms with van der Waals surface area (Å²) in [4.78, 5) is 12.1. The SMILES string of the molecule is CNS(=O)(=O)CCNC(=O)C1COc2c(cccc2OC)C1. The van der Waals surface area contributed by atoms with Gasteiger partial charge in [0.2, 0.25) is 15.9 Å². The minimum absolute atomic E-state index is 0.0729. The molecule has 0 spiro atoms. The molecule has 1 atom stereocenters. The summed E-state index contributed by atoms with van der Waals surface area (Å²) < 4.78 is 35.6. The van der Waals surface area contributed by atoms with Crippen LogP contribution < -0.4 is 19.5 Å². The molecule has 0 saturated heterocycles. The predicted octanol–water partition coefficient (Wildman–Crippen LogP) is -0.0883. The standard InChI is InChI=1S/C14H20N2O5S/c1-15-22(18,19)7-6-16-14(17)11-8-10-4-3-5-12(20-2)13(10)21-9-11/h3-5,11,15H,6-9H2,1-2H3,(H,16,17). The van der Waals surface area contributed by atoms with E-state index in [1.807, 2.05) is 18.2 Å². The number of carbonyl (C=O) groups excluding carboxylic acids is 1. The summed E-state index contributed by atoms with van der Waals surface area (Å²) >= 11 is 0. The lowest BCUT2D eigenvalue weighted by Crippen LogP contribution is -2.40. The number of sulfonamides is 1. The van der Waals surface area contributed by atoms with Crippen LogP contribution in [0.4, 0.5) is 0 Å². The number of nitrogens with one attached hydrogen (secondary N) is 2. The Labute approximate surface area is 130 Å². The highest BCUT2D eigenvalue weighted by Crippen LogP contribution is 2.35. The molecule has 0 bridgehead atoms. The van der Waals surface area contributed by atoms with E-state index in [0.717, 1.165) is 5.56 Å². The predicted molar refractivity (Wildman–Crippen MR) is 81.5 cm³/mol. The Hall–Kier alpha value is -1.80. The summed E-state index contributed by atoms with van der Waals surface area (Å²) in [6.07, 6.45) is 0.539.